The van der Waals surface area contributed by atoms with Gasteiger partial charge in [-0.2, -0.15) is 34.8 Å². The van der Waals surface area contributed by atoms with Gasteiger partial charge in [-0.3, -0.25) is 9.11 Å². The second-order valence-corrected chi connectivity index (χ2v) is 7.22. The second kappa shape index (κ2) is 9.83. The number of aromatic nitrogens is 2. The van der Waals surface area contributed by atoms with Crippen molar-refractivity contribution < 1.29 is 74.8 Å². The molecule has 0 saturated carbocycles. The van der Waals surface area contributed by atoms with Crippen LogP contribution in [0.4, 0.5) is 26.3 Å². The molecule has 166 valence electrons. The molecule has 3 rings (SSSR count). The van der Waals surface area contributed by atoms with E-state index in [9.17, 15) is 26.3 Å². The van der Waals surface area contributed by atoms with E-state index in [2.05, 4.69) is 4.98 Å². The normalized spacial score (nSPS) is 12.2. The third-order valence-electron chi connectivity index (χ3n) is 3.45. The first kappa shape index (κ1) is 28.0. The van der Waals surface area contributed by atoms with Crippen LogP contribution in [-0.4, -0.2) is 26.6 Å². The summed E-state index contributed by atoms with van der Waals surface area (Å²) in [6.45, 7) is 0. The van der Waals surface area contributed by atoms with E-state index in [1.807, 2.05) is 0 Å². The Hall–Kier alpha value is -1.06. The fraction of sp³-hybridized carbons (Fsp3) is 0.133. The molecule has 31 heavy (non-hydrogen) atoms. The number of fused-ring (bicyclic) bond motifs is 1. The molecule has 0 fully saturated rings. The number of benzene rings is 2. The smallest absolute Gasteiger partial charge is 1.00 e. The second-order valence-electron chi connectivity index (χ2n) is 5.55. The molecule has 0 aliphatic carbocycles. The molecule has 0 spiro atoms. The minimum atomic E-state index is -4.79. The van der Waals surface area contributed by atoms with Crippen molar-refractivity contribution >= 4 is 44.8 Å². The summed E-state index contributed by atoms with van der Waals surface area (Å²) in [6.07, 6.45) is -9.48. The molecule has 0 aliphatic rings. The monoisotopic (exact) mass is 520 g/mol. The molecule has 1 aromatic heterocycles. The zero-order chi connectivity index (χ0) is 23.1. The molecule has 0 unspecified atom stereocenters. The van der Waals surface area contributed by atoms with Crippen molar-refractivity contribution in [1.29, 1.82) is 0 Å². The van der Waals surface area contributed by atoms with Gasteiger partial charge in [-0.15, -0.1) is 0 Å². The van der Waals surface area contributed by atoms with E-state index in [-0.39, 0.29) is 62.3 Å². The third kappa shape index (κ3) is 7.49. The van der Waals surface area contributed by atoms with Crippen LogP contribution in [0.15, 0.2) is 36.4 Å². The minimum Gasteiger partial charge on any atom is -1.00 e. The number of alkyl halides is 6. The number of hydrogen-bond acceptors (Lipinski definition) is 3. The predicted molar refractivity (Wildman–Crippen MR) is 96.7 cm³/mol. The van der Waals surface area contributed by atoms with Crippen LogP contribution < -0.4 is 29.6 Å². The van der Waals surface area contributed by atoms with Crippen molar-refractivity contribution in [2.45, 2.75) is 12.4 Å². The van der Waals surface area contributed by atoms with E-state index in [1.54, 1.807) is 0 Å². The first-order valence-electron chi connectivity index (χ1n) is 7.31. The van der Waals surface area contributed by atoms with Crippen LogP contribution in [0.5, 0.6) is 0 Å². The zero-order valence-electron chi connectivity index (χ0n) is 16.0. The fourth-order valence-corrected chi connectivity index (χ4v) is 2.83. The quantitative estimate of drug-likeness (QED) is 0.292. The van der Waals surface area contributed by atoms with Crippen molar-refractivity contribution in [3.05, 3.63) is 52.8 Å². The van der Waals surface area contributed by atoms with Gasteiger partial charge in [-0.1, -0.05) is 23.7 Å². The van der Waals surface area contributed by atoms with E-state index in [4.69, 9.17) is 40.9 Å². The topological polar surface area (TPSA) is 92.4 Å². The summed E-state index contributed by atoms with van der Waals surface area (Å²) >= 11 is 11.3. The van der Waals surface area contributed by atoms with E-state index in [0.717, 1.165) is 18.2 Å². The number of halogens is 8. The molecule has 1 heterocycles. The van der Waals surface area contributed by atoms with Crippen molar-refractivity contribution in [2.24, 2.45) is 0 Å². The van der Waals surface area contributed by atoms with Gasteiger partial charge in [0.1, 0.15) is 0 Å². The van der Waals surface area contributed by atoms with Gasteiger partial charge in [-0.05, 0) is 35.4 Å². The maximum Gasteiger partial charge on any atom is 1.00 e. The van der Waals surface area contributed by atoms with Crippen molar-refractivity contribution in [3.8, 4) is 11.1 Å². The van der Waals surface area contributed by atoms with Gasteiger partial charge < -0.3 is 1.43 Å². The summed E-state index contributed by atoms with van der Waals surface area (Å²) in [5.41, 5.74) is -1.45. The van der Waals surface area contributed by atoms with Crippen LogP contribution in [-0.2, 0) is 22.8 Å². The molecule has 0 amide bonds. The molecule has 6 nitrogen and oxygen atoms in total. The summed E-state index contributed by atoms with van der Waals surface area (Å²) in [7, 11) is -4.67. The molecule has 0 saturated heterocycles. The Labute approximate surface area is 204 Å². The number of nitrogens with zero attached hydrogens (tertiary/aromatic N) is 2. The standard InChI is InChI=1S/C15H6Cl2F6N2.Na.H2O4S.H/c16-8-2-3-9(10(6-8)14(18,19)20)7-1-4-11-12(5-7)25(17)13(24-11)15(21,22)23;;1-5(2,3)4;/h1-6H;;(H2,1,2,3,4);/q;+1;;-1. The summed E-state index contributed by atoms with van der Waals surface area (Å²) in [5, 5.41) is -0.112. The molecule has 3 aromatic rings. The maximum atomic E-state index is 13.2. The average Bonchev–Trinajstić information content (AvgIpc) is 2.89. The Morgan fingerprint density at radius 3 is 2.00 bits per heavy atom. The van der Waals surface area contributed by atoms with E-state index < -0.39 is 34.1 Å². The Kier molecular flexibility index (Phi) is 8.87. The van der Waals surface area contributed by atoms with Gasteiger partial charge >= 0.3 is 52.3 Å². The molecular formula is C15H9Cl2F6N2NaO4S. The van der Waals surface area contributed by atoms with Crippen LogP contribution in [0.1, 0.15) is 12.8 Å². The molecule has 2 aromatic carbocycles. The number of hydrogen-bond donors (Lipinski definition) is 2. The summed E-state index contributed by atoms with van der Waals surface area (Å²) < 4.78 is 110. The summed E-state index contributed by atoms with van der Waals surface area (Å²) in [6, 6.07) is 6.68. The van der Waals surface area contributed by atoms with Crippen molar-refractivity contribution in [2.75, 3.05) is 0 Å². The molecule has 16 heteroatoms. The first-order chi connectivity index (χ1) is 13.5. The van der Waals surface area contributed by atoms with Crippen LogP contribution in [0.2, 0.25) is 5.02 Å². The zero-order valence-corrected chi connectivity index (χ0v) is 19.3. The van der Waals surface area contributed by atoms with Gasteiger partial charge in [0.15, 0.2) is 0 Å². The summed E-state index contributed by atoms with van der Waals surface area (Å²) in [5.74, 6) is -1.35. The first-order valence-corrected chi connectivity index (χ1v) is 9.42. The van der Waals surface area contributed by atoms with Gasteiger partial charge in [-0.25, -0.2) is 9.07 Å². The van der Waals surface area contributed by atoms with E-state index >= 15 is 0 Å². The summed E-state index contributed by atoms with van der Waals surface area (Å²) in [4.78, 5) is 3.37. The molecule has 0 atom stereocenters. The number of imidazole rings is 1. The molecular weight excluding hydrogens is 512 g/mol. The van der Waals surface area contributed by atoms with Gasteiger partial charge in [0.05, 0.1) is 16.6 Å². The maximum absolute atomic E-state index is 13.2. The largest absolute Gasteiger partial charge is 1.00 e. The van der Waals surface area contributed by atoms with Crippen LogP contribution in [0.3, 0.4) is 0 Å². The Bertz CT molecular complexity index is 1200. The van der Waals surface area contributed by atoms with E-state index in [0.29, 0.717) is 0 Å². The minimum absolute atomic E-state index is 0. The third-order valence-corrected chi connectivity index (χ3v) is 4.03. The van der Waals surface area contributed by atoms with Crippen LogP contribution in [0.25, 0.3) is 22.2 Å². The molecule has 0 bridgehead atoms. The van der Waals surface area contributed by atoms with Gasteiger partial charge in [0, 0.05) is 16.8 Å². The Morgan fingerprint density at radius 2 is 1.52 bits per heavy atom. The Morgan fingerprint density at radius 1 is 0.968 bits per heavy atom. The Balaban J connectivity index is 0.00000124. The van der Waals surface area contributed by atoms with Gasteiger partial charge in [0.2, 0.25) is 5.82 Å². The SMILES string of the molecule is FC(F)(F)c1cc(Cl)ccc1-c1ccc2nc(C(F)(F)F)n(Cl)c2c1.O=S(=O)(O)O.[H-].[Na+]. The molecule has 0 aliphatic heterocycles. The molecule has 2 N–H and O–H groups in total. The number of rotatable bonds is 1. The van der Waals surface area contributed by atoms with Crippen LogP contribution >= 0.6 is 23.4 Å². The van der Waals surface area contributed by atoms with Gasteiger partial charge in [0.25, 0.3) is 0 Å². The fourth-order valence-electron chi connectivity index (χ4n) is 2.39. The van der Waals surface area contributed by atoms with Crippen LogP contribution in [0, 0.1) is 0 Å². The average molecular weight is 521 g/mol. The van der Waals surface area contributed by atoms with Crippen molar-refractivity contribution in [3.63, 3.8) is 0 Å². The predicted octanol–water partition coefficient (Wildman–Crippen LogP) is 2.86. The van der Waals surface area contributed by atoms with Crippen molar-refractivity contribution in [1.82, 2.24) is 9.07 Å². The molecule has 0 radical (unpaired) electrons. The van der Waals surface area contributed by atoms with E-state index in [1.165, 1.54) is 18.2 Å².